The van der Waals surface area contributed by atoms with Crippen molar-refractivity contribution in [3.8, 4) is 11.5 Å². The Labute approximate surface area is 209 Å². The number of fused-ring (bicyclic) bond motifs is 1. The topological polar surface area (TPSA) is 103 Å². The van der Waals surface area contributed by atoms with Crippen LogP contribution in [-0.4, -0.2) is 33.6 Å². The van der Waals surface area contributed by atoms with E-state index in [2.05, 4.69) is 26.0 Å². The summed E-state index contributed by atoms with van der Waals surface area (Å²) in [7, 11) is 0. The van der Waals surface area contributed by atoms with Gasteiger partial charge in [0.2, 0.25) is 0 Å². The van der Waals surface area contributed by atoms with Crippen molar-refractivity contribution in [2.45, 2.75) is 20.5 Å². The predicted octanol–water partition coefficient (Wildman–Crippen LogP) is 5.03. The third kappa shape index (κ3) is 5.58. The van der Waals surface area contributed by atoms with Gasteiger partial charge in [-0.1, -0.05) is 28.1 Å². The van der Waals surface area contributed by atoms with Gasteiger partial charge in [0.05, 0.1) is 29.3 Å². The zero-order valence-corrected chi connectivity index (χ0v) is 20.7. The van der Waals surface area contributed by atoms with Crippen LogP contribution in [0.25, 0.3) is 10.9 Å². The number of nitrogens with zero attached hydrogens (tertiary/aromatic N) is 3. The first kappa shape index (κ1) is 24.2. The number of carboxylic acids is 1. The summed E-state index contributed by atoms with van der Waals surface area (Å²) in [6, 6.07) is 17.2. The van der Waals surface area contributed by atoms with Gasteiger partial charge in [0.15, 0.2) is 11.5 Å². The molecule has 0 unspecified atom stereocenters. The molecule has 0 amide bonds. The number of hydrogen-bond acceptors (Lipinski definition) is 6. The number of ether oxygens (including phenoxy) is 2. The quantitative estimate of drug-likeness (QED) is 0.317. The molecule has 0 saturated heterocycles. The molecule has 0 atom stereocenters. The number of halogens is 1. The number of hydrogen-bond donors (Lipinski definition) is 1. The van der Waals surface area contributed by atoms with E-state index in [4.69, 9.17) is 14.6 Å². The highest BCUT2D eigenvalue weighted by Gasteiger charge is 2.10. The molecule has 9 heteroatoms. The molecule has 4 aromatic rings. The number of rotatable bonds is 8. The van der Waals surface area contributed by atoms with Crippen LogP contribution in [0.15, 0.2) is 75.0 Å². The van der Waals surface area contributed by atoms with E-state index in [0.29, 0.717) is 40.4 Å². The van der Waals surface area contributed by atoms with Crippen LogP contribution in [0.3, 0.4) is 0 Å². The van der Waals surface area contributed by atoms with Gasteiger partial charge in [0.25, 0.3) is 5.56 Å². The molecule has 4 rings (SSSR count). The highest BCUT2D eigenvalue weighted by molar-refractivity contribution is 9.10. The summed E-state index contributed by atoms with van der Waals surface area (Å²) in [5.74, 6) is 0.495. The number of carbonyl (C=O) groups is 1. The van der Waals surface area contributed by atoms with E-state index in [1.807, 2.05) is 13.0 Å². The number of aryl methyl sites for hydroxylation is 1. The maximum Gasteiger partial charge on any atom is 0.335 e. The lowest BCUT2D eigenvalue weighted by atomic mass is 10.1. The molecule has 1 N–H and O–H groups in total. The van der Waals surface area contributed by atoms with Gasteiger partial charge in [0, 0.05) is 4.47 Å². The monoisotopic (exact) mass is 535 g/mol. The number of benzene rings is 3. The third-order valence-electron chi connectivity index (χ3n) is 5.13. The van der Waals surface area contributed by atoms with Crippen LogP contribution in [-0.2, 0) is 6.61 Å². The van der Waals surface area contributed by atoms with E-state index in [9.17, 15) is 9.59 Å². The second-order valence-electron chi connectivity index (χ2n) is 7.62. The van der Waals surface area contributed by atoms with Gasteiger partial charge in [-0.2, -0.15) is 9.78 Å². The Kier molecular flexibility index (Phi) is 7.26. The lowest BCUT2D eigenvalue weighted by Crippen LogP contribution is -2.20. The lowest BCUT2D eigenvalue weighted by Gasteiger charge is -2.13. The summed E-state index contributed by atoms with van der Waals surface area (Å²) in [5, 5.41) is 14.0. The van der Waals surface area contributed by atoms with E-state index in [-0.39, 0.29) is 17.7 Å². The highest BCUT2D eigenvalue weighted by Crippen LogP contribution is 2.29. The van der Waals surface area contributed by atoms with Crippen molar-refractivity contribution in [3.05, 3.63) is 98.0 Å². The smallest absolute Gasteiger partial charge is 0.335 e. The first-order chi connectivity index (χ1) is 16.9. The summed E-state index contributed by atoms with van der Waals surface area (Å²) in [6.45, 7) is 4.19. The number of aromatic nitrogens is 2. The van der Waals surface area contributed by atoms with E-state index in [1.165, 1.54) is 10.7 Å². The van der Waals surface area contributed by atoms with E-state index >= 15 is 0 Å². The van der Waals surface area contributed by atoms with Gasteiger partial charge < -0.3 is 14.6 Å². The first-order valence-electron chi connectivity index (χ1n) is 10.8. The standard InChI is InChI=1S/C26H22BrN3O5/c1-3-34-24-12-17(7-10-23(24)35-15-18-5-4-6-19(11-18)26(32)33)14-28-30-16(2)29-22-9-8-20(27)13-21(22)25(30)31/h4-14H,3,15H2,1-2H3,(H,32,33). The third-order valence-corrected chi connectivity index (χ3v) is 5.62. The van der Waals surface area contributed by atoms with Crippen molar-refractivity contribution < 1.29 is 19.4 Å². The van der Waals surface area contributed by atoms with Crippen LogP contribution in [0.2, 0.25) is 0 Å². The first-order valence-corrected chi connectivity index (χ1v) is 11.6. The molecule has 0 bridgehead atoms. The Morgan fingerprint density at radius 1 is 1.11 bits per heavy atom. The van der Waals surface area contributed by atoms with Crippen molar-refractivity contribution in [3.63, 3.8) is 0 Å². The molecule has 1 heterocycles. The molecule has 1 aromatic heterocycles. The van der Waals surface area contributed by atoms with Crippen LogP contribution in [0.1, 0.15) is 34.2 Å². The molecule has 0 aliphatic carbocycles. The maximum atomic E-state index is 12.9. The van der Waals surface area contributed by atoms with E-state index in [1.54, 1.807) is 61.7 Å². The van der Waals surface area contributed by atoms with Crippen LogP contribution < -0.4 is 15.0 Å². The molecule has 35 heavy (non-hydrogen) atoms. The minimum atomic E-state index is -0.992. The van der Waals surface area contributed by atoms with Crippen molar-refractivity contribution in [2.24, 2.45) is 5.10 Å². The summed E-state index contributed by atoms with van der Waals surface area (Å²) in [5.41, 5.74) is 1.97. The normalized spacial score (nSPS) is 11.2. The Bertz CT molecular complexity index is 1500. The molecule has 0 aliphatic heterocycles. The van der Waals surface area contributed by atoms with Crippen molar-refractivity contribution in [1.29, 1.82) is 0 Å². The second kappa shape index (κ2) is 10.5. The number of carboxylic acid groups (broad SMARTS) is 1. The van der Waals surface area contributed by atoms with Crippen LogP contribution >= 0.6 is 15.9 Å². The van der Waals surface area contributed by atoms with Gasteiger partial charge >= 0.3 is 5.97 Å². The predicted molar refractivity (Wildman–Crippen MR) is 137 cm³/mol. The van der Waals surface area contributed by atoms with Gasteiger partial charge in [-0.3, -0.25) is 4.79 Å². The fourth-order valence-corrected chi connectivity index (χ4v) is 3.83. The fourth-order valence-electron chi connectivity index (χ4n) is 3.47. The summed E-state index contributed by atoms with van der Waals surface area (Å²) >= 11 is 3.39. The minimum absolute atomic E-state index is 0.182. The minimum Gasteiger partial charge on any atom is -0.490 e. The average molecular weight is 536 g/mol. The summed E-state index contributed by atoms with van der Waals surface area (Å²) < 4.78 is 13.7. The molecule has 3 aromatic carbocycles. The van der Waals surface area contributed by atoms with Crippen LogP contribution in [0, 0.1) is 6.92 Å². The van der Waals surface area contributed by atoms with Gasteiger partial charge in [-0.15, -0.1) is 0 Å². The molecular formula is C26H22BrN3O5. The zero-order chi connectivity index (χ0) is 24.9. The van der Waals surface area contributed by atoms with E-state index < -0.39 is 5.97 Å². The molecule has 8 nitrogen and oxygen atoms in total. The second-order valence-corrected chi connectivity index (χ2v) is 8.53. The van der Waals surface area contributed by atoms with Crippen molar-refractivity contribution >= 4 is 39.0 Å². The Morgan fingerprint density at radius 2 is 1.94 bits per heavy atom. The van der Waals surface area contributed by atoms with E-state index in [0.717, 1.165) is 10.0 Å². The largest absolute Gasteiger partial charge is 0.490 e. The fraction of sp³-hybridized carbons (Fsp3) is 0.154. The maximum absolute atomic E-state index is 12.9. The Hall–Kier alpha value is -3.98. The summed E-state index contributed by atoms with van der Waals surface area (Å²) in [6.07, 6.45) is 1.56. The average Bonchev–Trinajstić information content (AvgIpc) is 2.84. The van der Waals surface area contributed by atoms with Gasteiger partial charge in [0.1, 0.15) is 12.4 Å². The molecule has 178 valence electrons. The van der Waals surface area contributed by atoms with Crippen LogP contribution in [0.4, 0.5) is 0 Å². The van der Waals surface area contributed by atoms with Gasteiger partial charge in [-0.25, -0.2) is 9.78 Å². The highest BCUT2D eigenvalue weighted by atomic mass is 79.9. The molecule has 0 radical (unpaired) electrons. The number of aromatic carboxylic acids is 1. The molecule has 0 aliphatic rings. The molecule has 0 saturated carbocycles. The lowest BCUT2D eigenvalue weighted by molar-refractivity contribution is 0.0696. The van der Waals surface area contributed by atoms with Crippen molar-refractivity contribution in [2.75, 3.05) is 6.61 Å². The van der Waals surface area contributed by atoms with Gasteiger partial charge in [-0.05, 0) is 73.5 Å². The SMILES string of the molecule is CCOc1cc(C=Nn2c(C)nc3ccc(Br)cc3c2=O)ccc1OCc1cccc(C(=O)O)c1. The summed E-state index contributed by atoms with van der Waals surface area (Å²) in [4.78, 5) is 28.6. The van der Waals surface area contributed by atoms with Crippen LogP contribution in [0.5, 0.6) is 11.5 Å². The zero-order valence-electron chi connectivity index (χ0n) is 19.1. The Morgan fingerprint density at radius 3 is 2.71 bits per heavy atom. The Balaban J connectivity index is 1.59. The van der Waals surface area contributed by atoms with Crippen molar-refractivity contribution in [1.82, 2.24) is 9.66 Å². The molecule has 0 spiro atoms. The molecular weight excluding hydrogens is 514 g/mol. The molecule has 0 fully saturated rings.